The summed E-state index contributed by atoms with van der Waals surface area (Å²) in [6, 6.07) is 0. The molecule has 1 heterocycles. The molecule has 0 aromatic heterocycles. The van der Waals surface area contributed by atoms with Gasteiger partial charge in [-0.05, 0) is 6.92 Å². The molecular formula is C12H17F2NO4. The predicted molar refractivity (Wildman–Crippen MR) is 63.0 cm³/mol. The highest BCUT2D eigenvalue weighted by Gasteiger charge is 2.33. The Balaban J connectivity index is 2.24. The predicted octanol–water partition coefficient (Wildman–Crippen LogP) is 1.29. The highest BCUT2D eigenvalue weighted by molar-refractivity contribution is 5.95. The van der Waals surface area contributed by atoms with E-state index >= 15 is 0 Å². The Morgan fingerprint density at radius 1 is 1.37 bits per heavy atom. The molecule has 1 aliphatic heterocycles. The van der Waals surface area contributed by atoms with Crippen molar-refractivity contribution in [1.29, 1.82) is 0 Å². The van der Waals surface area contributed by atoms with Crippen LogP contribution in [0.4, 0.5) is 8.78 Å². The smallest absolute Gasteiger partial charge is 0.334 e. The molecule has 0 amide bonds. The van der Waals surface area contributed by atoms with E-state index < -0.39 is 17.9 Å². The van der Waals surface area contributed by atoms with Gasteiger partial charge in [0.25, 0.3) is 5.92 Å². The van der Waals surface area contributed by atoms with Crippen LogP contribution in [0.25, 0.3) is 0 Å². The summed E-state index contributed by atoms with van der Waals surface area (Å²) in [5, 5.41) is 8.45. The number of rotatable bonds is 5. The molecule has 1 aliphatic rings. The molecule has 108 valence electrons. The number of nitrogens with zero attached hydrogens (tertiary/aromatic N) is 1. The minimum absolute atomic E-state index is 0.00215. The number of esters is 1. The number of carbonyl (C=O) groups excluding carboxylic acids is 1. The van der Waals surface area contributed by atoms with Gasteiger partial charge in [-0.1, -0.05) is 0 Å². The summed E-state index contributed by atoms with van der Waals surface area (Å²) in [6.07, 6.45) is 0.404. The number of carbonyl (C=O) groups is 2. The van der Waals surface area contributed by atoms with Gasteiger partial charge in [0.1, 0.15) is 6.61 Å². The number of likely N-dealkylation sites (tertiary alicyclic amines) is 1. The first-order valence-electron chi connectivity index (χ1n) is 5.99. The zero-order valence-electron chi connectivity index (χ0n) is 10.7. The molecule has 0 aromatic carbocycles. The molecule has 1 rings (SSSR count). The van der Waals surface area contributed by atoms with Crippen molar-refractivity contribution in [3.05, 3.63) is 11.6 Å². The Labute approximate surface area is 109 Å². The van der Waals surface area contributed by atoms with Crippen molar-refractivity contribution in [1.82, 2.24) is 4.90 Å². The summed E-state index contributed by atoms with van der Waals surface area (Å²) in [7, 11) is 0. The number of aliphatic carboxylic acids is 1. The monoisotopic (exact) mass is 277 g/mol. The number of halogens is 2. The van der Waals surface area contributed by atoms with Crippen LogP contribution in [0.15, 0.2) is 11.6 Å². The lowest BCUT2D eigenvalue weighted by Gasteiger charge is -2.31. The van der Waals surface area contributed by atoms with Gasteiger partial charge in [0, 0.05) is 44.1 Å². The molecule has 0 spiro atoms. The van der Waals surface area contributed by atoms with Gasteiger partial charge < -0.3 is 9.84 Å². The third-order valence-electron chi connectivity index (χ3n) is 2.89. The van der Waals surface area contributed by atoms with Crippen molar-refractivity contribution >= 4 is 11.9 Å². The topological polar surface area (TPSA) is 66.8 Å². The van der Waals surface area contributed by atoms with Crippen LogP contribution in [-0.4, -0.2) is 54.1 Å². The maximum absolute atomic E-state index is 12.9. The number of carboxylic acid groups (broad SMARTS) is 1. The maximum atomic E-state index is 12.9. The van der Waals surface area contributed by atoms with Gasteiger partial charge in [0.2, 0.25) is 0 Å². The van der Waals surface area contributed by atoms with Gasteiger partial charge in [-0.25, -0.2) is 18.4 Å². The fourth-order valence-corrected chi connectivity index (χ4v) is 1.73. The zero-order valence-corrected chi connectivity index (χ0v) is 10.7. The molecule has 0 radical (unpaired) electrons. The lowest BCUT2D eigenvalue weighted by Crippen LogP contribution is -2.41. The molecule has 5 nitrogen and oxygen atoms in total. The first-order chi connectivity index (χ1) is 8.80. The summed E-state index contributed by atoms with van der Waals surface area (Å²) < 4.78 is 30.6. The van der Waals surface area contributed by atoms with Crippen LogP contribution in [0.3, 0.4) is 0 Å². The van der Waals surface area contributed by atoms with Crippen molar-refractivity contribution in [2.45, 2.75) is 25.7 Å². The van der Waals surface area contributed by atoms with Crippen molar-refractivity contribution in [3.63, 3.8) is 0 Å². The third-order valence-corrected chi connectivity index (χ3v) is 2.89. The minimum Gasteiger partial charge on any atom is -0.478 e. The van der Waals surface area contributed by atoms with Crippen LogP contribution >= 0.6 is 0 Å². The lowest BCUT2D eigenvalue weighted by molar-refractivity contribution is -0.140. The van der Waals surface area contributed by atoms with Gasteiger partial charge in [0.15, 0.2) is 0 Å². The third kappa shape index (κ3) is 5.78. The molecule has 19 heavy (non-hydrogen) atoms. The van der Waals surface area contributed by atoms with Crippen molar-refractivity contribution in [2.24, 2.45) is 0 Å². The molecule has 0 aromatic rings. The average Bonchev–Trinajstić information content (AvgIpc) is 2.30. The van der Waals surface area contributed by atoms with E-state index in [1.54, 1.807) is 4.90 Å². The highest BCUT2D eigenvalue weighted by atomic mass is 19.3. The summed E-state index contributed by atoms with van der Waals surface area (Å²) in [4.78, 5) is 23.5. The van der Waals surface area contributed by atoms with E-state index in [2.05, 4.69) is 0 Å². The van der Waals surface area contributed by atoms with Crippen LogP contribution in [0.2, 0.25) is 0 Å². The molecule has 0 unspecified atom stereocenters. The largest absolute Gasteiger partial charge is 0.478 e. The Hall–Kier alpha value is -1.50. The molecule has 1 fully saturated rings. The van der Waals surface area contributed by atoms with Crippen LogP contribution < -0.4 is 0 Å². The Bertz CT molecular complexity index is 372. The fourth-order valence-electron chi connectivity index (χ4n) is 1.73. The molecule has 1 saturated heterocycles. The number of piperidine rings is 1. The number of hydrogen-bond donors (Lipinski definition) is 1. The van der Waals surface area contributed by atoms with Gasteiger partial charge in [-0.15, -0.1) is 0 Å². The van der Waals surface area contributed by atoms with Crippen molar-refractivity contribution in [3.8, 4) is 0 Å². The number of ether oxygens (including phenoxy) is 1. The highest BCUT2D eigenvalue weighted by Crippen LogP contribution is 2.27. The summed E-state index contributed by atoms with van der Waals surface area (Å²) >= 11 is 0. The first kappa shape index (κ1) is 15.6. The van der Waals surface area contributed by atoms with Crippen molar-refractivity contribution in [2.75, 3.05) is 26.2 Å². The molecule has 7 heteroatoms. The minimum atomic E-state index is -2.59. The van der Waals surface area contributed by atoms with Gasteiger partial charge in [-0.2, -0.15) is 0 Å². The van der Waals surface area contributed by atoms with E-state index in [4.69, 9.17) is 9.84 Å². The Morgan fingerprint density at radius 2 is 1.95 bits per heavy atom. The molecule has 1 N–H and O–H groups in total. The summed E-state index contributed by atoms with van der Waals surface area (Å²) in [5.74, 6) is -4.51. The zero-order chi connectivity index (χ0) is 14.5. The van der Waals surface area contributed by atoms with E-state index in [0.717, 1.165) is 6.08 Å². The van der Waals surface area contributed by atoms with E-state index in [9.17, 15) is 18.4 Å². The van der Waals surface area contributed by atoms with Gasteiger partial charge in [-0.3, -0.25) is 4.90 Å². The molecule has 0 aliphatic carbocycles. The van der Waals surface area contributed by atoms with E-state index in [0.29, 0.717) is 6.54 Å². The Morgan fingerprint density at radius 3 is 2.47 bits per heavy atom. The second-order valence-electron chi connectivity index (χ2n) is 4.50. The quantitative estimate of drug-likeness (QED) is 0.606. The summed E-state index contributed by atoms with van der Waals surface area (Å²) in [6.45, 7) is 2.33. The molecule has 0 saturated carbocycles. The summed E-state index contributed by atoms with van der Waals surface area (Å²) in [5.41, 5.74) is -0.00215. The number of alkyl halides is 2. The van der Waals surface area contributed by atoms with E-state index in [1.807, 2.05) is 0 Å². The molecule has 0 atom stereocenters. The Kier molecular flexibility index (Phi) is 5.41. The van der Waals surface area contributed by atoms with Crippen LogP contribution in [0.5, 0.6) is 0 Å². The van der Waals surface area contributed by atoms with Crippen LogP contribution in [0.1, 0.15) is 19.8 Å². The van der Waals surface area contributed by atoms with Gasteiger partial charge in [0.05, 0.1) is 0 Å². The van der Waals surface area contributed by atoms with Crippen molar-refractivity contribution < 1.29 is 28.2 Å². The molecular weight excluding hydrogens is 260 g/mol. The van der Waals surface area contributed by atoms with E-state index in [-0.39, 0.29) is 38.1 Å². The van der Waals surface area contributed by atoms with Gasteiger partial charge >= 0.3 is 11.9 Å². The SMILES string of the molecule is C/C(=C\C(=O)O)C(=O)OCCN1CCC(F)(F)CC1. The maximum Gasteiger partial charge on any atom is 0.334 e. The second-order valence-corrected chi connectivity index (χ2v) is 4.50. The first-order valence-corrected chi connectivity index (χ1v) is 5.99. The number of carboxylic acids is 1. The lowest BCUT2D eigenvalue weighted by atomic mass is 10.1. The van der Waals surface area contributed by atoms with E-state index in [1.165, 1.54) is 6.92 Å². The second kappa shape index (κ2) is 6.60. The number of hydrogen-bond acceptors (Lipinski definition) is 4. The average molecular weight is 277 g/mol. The fraction of sp³-hybridized carbons (Fsp3) is 0.667. The molecule has 0 bridgehead atoms. The van der Waals surface area contributed by atoms with Crippen LogP contribution in [0, 0.1) is 0 Å². The van der Waals surface area contributed by atoms with Crippen LogP contribution in [-0.2, 0) is 14.3 Å². The standard InChI is InChI=1S/C12H17F2NO4/c1-9(8-10(16)17)11(18)19-7-6-15-4-2-12(13,14)3-5-15/h8H,2-7H2,1H3,(H,16,17)/b9-8+. The normalized spacial score (nSPS) is 20.1.